The summed E-state index contributed by atoms with van der Waals surface area (Å²) >= 11 is 0. The van der Waals surface area contributed by atoms with Gasteiger partial charge in [0.15, 0.2) is 0 Å². The lowest BCUT2D eigenvalue weighted by Crippen LogP contribution is -2.45. The van der Waals surface area contributed by atoms with Crippen LogP contribution in [-0.4, -0.2) is 37.8 Å². The predicted molar refractivity (Wildman–Crippen MR) is 69.6 cm³/mol. The van der Waals surface area contributed by atoms with Crippen LogP contribution in [0.5, 0.6) is 0 Å². The van der Waals surface area contributed by atoms with Gasteiger partial charge in [-0.1, -0.05) is 0 Å². The summed E-state index contributed by atoms with van der Waals surface area (Å²) in [6.07, 6.45) is -9.86. The maximum absolute atomic E-state index is 13.4. The maximum atomic E-state index is 13.4. The average Bonchev–Trinajstić information content (AvgIpc) is 2.47. The van der Waals surface area contributed by atoms with Crippen LogP contribution in [0.4, 0.5) is 30.7 Å². The molecule has 0 amide bonds. The summed E-state index contributed by atoms with van der Waals surface area (Å²) in [6.45, 7) is 0.653. The second-order valence-electron chi connectivity index (χ2n) is 5.30. The fraction of sp³-hybridized carbons (Fsp3) is 0.571. The zero-order valence-electron chi connectivity index (χ0n) is 11.9. The molecule has 0 unspecified atom stereocenters. The van der Waals surface area contributed by atoms with Crippen LogP contribution in [0.15, 0.2) is 18.2 Å². The first-order chi connectivity index (χ1) is 10.6. The molecular formula is C14H15F7N2. The molecule has 1 fully saturated rings. The first-order valence-corrected chi connectivity index (χ1v) is 6.93. The lowest BCUT2D eigenvalue weighted by Gasteiger charge is -2.34. The van der Waals surface area contributed by atoms with Crippen LogP contribution in [0.3, 0.4) is 0 Å². The van der Waals surface area contributed by atoms with Crippen molar-refractivity contribution in [2.75, 3.05) is 32.9 Å². The van der Waals surface area contributed by atoms with Crippen LogP contribution in [0, 0.1) is 0 Å². The van der Waals surface area contributed by atoms with Crippen molar-refractivity contribution >= 4 is 0 Å². The number of hydrogen-bond donors (Lipinski definition) is 1. The Labute approximate surface area is 128 Å². The Balaban J connectivity index is 2.46. The molecule has 1 aromatic carbocycles. The third kappa shape index (κ3) is 4.35. The number of nitrogens with one attached hydrogen (secondary N) is 1. The van der Waals surface area contributed by atoms with Crippen molar-refractivity contribution in [1.82, 2.24) is 10.2 Å². The van der Waals surface area contributed by atoms with Gasteiger partial charge in [0.2, 0.25) is 0 Å². The van der Waals surface area contributed by atoms with Crippen LogP contribution in [0.1, 0.15) is 22.7 Å². The van der Waals surface area contributed by atoms with Gasteiger partial charge in [-0.15, -0.1) is 0 Å². The Bertz CT molecular complexity index is 501. The number of nitrogens with zero attached hydrogens (tertiary/aromatic N) is 1. The number of hydrogen-bond acceptors (Lipinski definition) is 2. The van der Waals surface area contributed by atoms with E-state index in [9.17, 15) is 30.7 Å². The van der Waals surface area contributed by atoms with Crippen molar-refractivity contribution in [2.45, 2.75) is 18.4 Å². The molecule has 0 spiro atoms. The number of alkyl halides is 7. The SMILES string of the molecule is FC[C@@H](c1cc(C(F)(F)F)cc(C(F)(F)F)c1)N1CCNCC1. The highest BCUT2D eigenvalue weighted by atomic mass is 19.4. The molecule has 1 N–H and O–H groups in total. The first kappa shape index (κ1) is 18.0. The van der Waals surface area contributed by atoms with E-state index in [1.54, 1.807) is 4.90 Å². The number of piperazine rings is 1. The second-order valence-corrected chi connectivity index (χ2v) is 5.30. The molecule has 0 saturated carbocycles. The Kier molecular flexibility index (Phi) is 5.20. The van der Waals surface area contributed by atoms with Crippen LogP contribution >= 0.6 is 0 Å². The van der Waals surface area contributed by atoms with Crippen LogP contribution in [0.25, 0.3) is 0 Å². The third-order valence-corrected chi connectivity index (χ3v) is 3.73. The molecule has 2 rings (SSSR count). The van der Waals surface area contributed by atoms with E-state index in [0.717, 1.165) is 0 Å². The highest BCUT2D eigenvalue weighted by Crippen LogP contribution is 2.38. The highest BCUT2D eigenvalue weighted by Gasteiger charge is 2.38. The van der Waals surface area contributed by atoms with Crippen LogP contribution < -0.4 is 5.32 Å². The van der Waals surface area contributed by atoms with E-state index < -0.39 is 36.2 Å². The number of rotatable bonds is 3. The van der Waals surface area contributed by atoms with Crippen molar-refractivity contribution < 1.29 is 30.7 Å². The average molecular weight is 344 g/mol. The predicted octanol–water partition coefficient (Wildman–Crippen LogP) is 3.64. The Morgan fingerprint density at radius 1 is 0.913 bits per heavy atom. The van der Waals surface area contributed by atoms with Gasteiger partial charge in [-0.3, -0.25) is 4.90 Å². The molecule has 0 aromatic heterocycles. The minimum Gasteiger partial charge on any atom is -0.314 e. The summed E-state index contributed by atoms with van der Waals surface area (Å²) in [5.41, 5.74) is -3.15. The fourth-order valence-corrected chi connectivity index (χ4v) is 2.56. The summed E-state index contributed by atoms with van der Waals surface area (Å²) in [7, 11) is 0. The summed E-state index contributed by atoms with van der Waals surface area (Å²) in [5.74, 6) is 0. The monoisotopic (exact) mass is 344 g/mol. The minimum absolute atomic E-state index is 0.0521. The quantitative estimate of drug-likeness (QED) is 0.843. The molecule has 0 radical (unpaired) electrons. The molecule has 0 bridgehead atoms. The van der Waals surface area contributed by atoms with Gasteiger partial charge in [-0.05, 0) is 23.8 Å². The molecule has 1 aliphatic heterocycles. The molecular weight excluding hydrogens is 329 g/mol. The highest BCUT2D eigenvalue weighted by molar-refractivity contribution is 5.35. The fourth-order valence-electron chi connectivity index (χ4n) is 2.56. The maximum Gasteiger partial charge on any atom is 0.416 e. The van der Waals surface area contributed by atoms with Gasteiger partial charge < -0.3 is 5.32 Å². The topological polar surface area (TPSA) is 15.3 Å². The standard InChI is InChI=1S/C14H15F7N2/c15-8-12(23-3-1-22-2-4-23)9-5-10(13(16,17)18)7-11(6-9)14(19,20)21/h5-7,12,22H,1-4,8H2/t12-/m0/s1. The Morgan fingerprint density at radius 2 is 1.39 bits per heavy atom. The van der Waals surface area contributed by atoms with E-state index in [1.165, 1.54) is 0 Å². The van der Waals surface area contributed by atoms with E-state index in [2.05, 4.69) is 5.32 Å². The minimum atomic E-state index is -4.93. The van der Waals surface area contributed by atoms with Crippen molar-refractivity contribution in [1.29, 1.82) is 0 Å². The van der Waals surface area contributed by atoms with Crippen molar-refractivity contribution in [2.24, 2.45) is 0 Å². The second kappa shape index (κ2) is 6.64. The summed E-state index contributed by atoms with van der Waals surface area (Å²) in [4.78, 5) is 1.55. The summed E-state index contributed by atoms with van der Waals surface area (Å²) in [5, 5.41) is 2.99. The van der Waals surface area contributed by atoms with Gasteiger partial charge >= 0.3 is 12.4 Å². The van der Waals surface area contributed by atoms with E-state index >= 15 is 0 Å². The van der Waals surface area contributed by atoms with Crippen molar-refractivity contribution in [3.8, 4) is 0 Å². The number of benzene rings is 1. The first-order valence-electron chi connectivity index (χ1n) is 6.93. The molecule has 1 atom stereocenters. The molecule has 1 aromatic rings. The molecule has 0 aliphatic carbocycles. The molecule has 2 nitrogen and oxygen atoms in total. The van der Waals surface area contributed by atoms with Gasteiger partial charge in [-0.25, -0.2) is 4.39 Å². The van der Waals surface area contributed by atoms with E-state index in [0.29, 0.717) is 38.3 Å². The van der Waals surface area contributed by atoms with Crippen LogP contribution in [0.2, 0.25) is 0 Å². The van der Waals surface area contributed by atoms with E-state index in [4.69, 9.17) is 0 Å². The normalized spacial score (nSPS) is 18.9. The molecule has 9 heteroatoms. The van der Waals surface area contributed by atoms with Gasteiger partial charge in [-0.2, -0.15) is 26.3 Å². The van der Waals surface area contributed by atoms with E-state index in [1.807, 2.05) is 0 Å². The Hall–Kier alpha value is -1.35. The van der Waals surface area contributed by atoms with Gasteiger partial charge in [0.25, 0.3) is 0 Å². The zero-order chi connectivity index (χ0) is 17.3. The van der Waals surface area contributed by atoms with Crippen LogP contribution in [-0.2, 0) is 12.4 Å². The Morgan fingerprint density at radius 3 is 1.78 bits per heavy atom. The van der Waals surface area contributed by atoms with Gasteiger partial charge in [0.1, 0.15) is 6.67 Å². The number of halogens is 7. The third-order valence-electron chi connectivity index (χ3n) is 3.73. The van der Waals surface area contributed by atoms with Crippen molar-refractivity contribution in [3.63, 3.8) is 0 Å². The molecule has 23 heavy (non-hydrogen) atoms. The smallest absolute Gasteiger partial charge is 0.314 e. The van der Waals surface area contributed by atoms with Gasteiger partial charge in [0.05, 0.1) is 17.2 Å². The molecule has 130 valence electrons. The van der Waals surface area contributed by atoms with E-state index in [-0.39, 0.29) is 11.6 Å². The lowest BCUT2D eigenvalue weighted by atomic mass is 9.98. The largest absolute Gasteiger partial charge is 0.416 e. The lowest BCUT2D eigenvalue weighted by molar-refractivity contribution is -0.143. The molecule has 1 heterocycles. The van der Waals surface area contributed by atoms with Crippen molar-refractivity contribution in [3.05, 3.63) is 34.9 Å². The van der Waals surface area contributed by atoms with Gasteiger partial charge in [0, 0.05) is 26.2 Å². The zero-order valence-corrected chi connectivity index (χ0v) is 11.9. The summed E-state index contributed by atoms with van der Waals surface area (Å²) < 4.78 is 90.5. The molecule has 1 saturated heterocycles. The summed E-state index contributed by atoms with van der Waals surface area (Å²) in [6, 6.07) is 0.125. The molecule has 1 aliphatic rings.